The number of amides is 2. The van der Waals surface area contributed by atoms with Gasteiger partial charge in [0.1, 0.15) is 5.82 Å². The van der Waals surface area contributed by atoms with E-state index in [-0.39, 0.29) is 11.8 Å². The number of halogens is 1. The molecule has 23 heavy (non-hydrogen) atoms. The molecule has 2 aromatic rings. The van der Waals surface area contributed by atoms with Gasteiger partial charge >= 0.3 is 6.03 Å². The largest absolute Gasteiger partial charge is 0.329 e. The number of carbonyl (C=O) groups is 1. The third-order valence-corrected chi connectivity index (χ3v) is 3.97. The van der Waals surface area contributed by atoms with E-state index in [1.54, 1.807) is 12.1 Å². The van der Waals surface area contributed by atoms with Crippen LogP contribution in [0.4, 0.5) is 14.9 Å². The number of carbonyl (C=O) groups excluding carboxylic acids is 1. The van der Waals surface area contributed by atoms with Crippen LogP contribution in [0.3, 0.4) is 0 Å². The van der Waals surface area contributed by atoms with E-state index in [1.807, 2.05) is 39.0 Å². The van der Waals surface area contributed by atoms with E-state index in [2.05, 4.69) is 17.6 Å². The average Bonchev–Trinajstić information content (AvgIpc) is 2.49. The molecule has 122 valence electrons. The minimum absolute atomic E-state index is 0.275. The first-order chi connectivity index (χ1) is 10.8. The van der Waals surface area contributed by atoms with Crippen molar-refractivity contribution in [3.05, 3.63) is 65.0 Å². The summed E-state index contributed by atoms with van der Waals surface area (Å²) in [5.74, 6) is -0.290. The maximum absolute atomic E-state index is 13.1. The molecule has 4 heteroatoms. The smallest absolute Gasteiger partial charge is 0.319 e. The number of aryl methyl sites for hydroxylation is 2. The fourth-order valence-electron chi connectivity index (χ4n) is 2.57. The Labute approximate surface area is 136 Å². The molecule has 0 aliphatic rings. The number of benzene rings is 2. The van der Waals surface area contributed by atoms with Gasteiger partial charge in [0, 0.05) is 5.69 Å². The summed E-state index contributed by atoms with van der Waals surface area (Å²) in [4.78, 5) is 12.4. The Hall–Kier alpha value is -2.36. The van der Waals surface area contributed by atoms with Crippen molar-refractivity contribution in [3.63, 3.8) is 0 Å². The van der Waals surface area contributed by atoms with E-state index < -0.39 is 5.54 Å². The van der Waals surface area contributed by atoms with Crippen LogP contribution in [0.2, 0.25) is 0 Å². The summed E-state index contributed by atoms with van der Waals surface area (Å²) in [5, 5.41) is 5.89. The molecule has 0 aliphatic heterocycles. The van der Waals surface area contributed by atoms with Crippen molar-refractivity contribution in [2.24, 2.45) is 0 Å². The Morgan fingerprint density at radius 1 is 1.13 bits per heavy atom. The second-order valence-corrected chi connectivity index (χ2v) is 6.17. The SMILES string of the molecule is CCc1cccc(C)c1NC(=O)NC(C)(C)c1ccc(F)cc1. The summed E-state index contributed by atoms with van der Waals surface area (Å²) >= 11 is 0. The highest BCUT2D eigenvalue weighted by molar-refractivity contribution is 5.91. The summed E-state index contributed by atoms with van der Waals surface area (Å²) in [6.45, 7) is 7.80. The number of anilines is 1. The highest BCUT2D eigenvalue weighted by Gasteiger charge is 2.23. The second-order valence-electron chi connectivity index (χ2n) is 6.17. The van der Waals surface area contributed by atoms with E-state index in [9.17, 15) is 9.18 Å². The van der Waals surface area contributed by atoms with Gasteiger partial charge in [0.25, 0.3) is 0 Å². The van der Waals surface area contributed by atoms with Crippen molar-refractivity contribution in [3.8, 4) is 0 Å². The molecule has 0 spiro atoms. The normalized spacial score (nSPS) is 11.2. The number of para-hydroxylation sites is 1. The van der Waals surface area contributed by atoms with Crippen molar-refractivity contribution in [1.82, 2.24) is 5.32 Å². The van der Waals surface area contributed by atoms with Gasteiger partial charge in [-0.05, 0) is 56.0 Å². The first-order valence-corrected chi connectivity index (χ1v) is 7.77. The molecule has 0 saturated carbocycles. The Morgan fingerprint density at radius 3 is 2.39 bits per heavy atom. The molecule has 0 atom stereocenters. The lowest BCUT2D eigenvalue weighted by atomic mass is 9.94. The Balaban J connectivity index is 2.14. The van der Waals surface area contributed by atoms with Gasteiger partial charge in [-0.1, -0.05) is 37.3 Å². The van der Waals surface area contributed by atoms with Gasteiger partial charge in [-0.15, -0.1) is 0 Å². The van der Waals surface area contributed by atoms with Gasteiger partial charge in [0.2, 0.25) is 0 Å². The van der Waals surface area contributed by atoms with Gasteiger partial charge in [-0.25, -0.2) is 9.18 Å². The topological polar surface area (TPSA) is 41.1 Å². The maximum atomic E-state index is 13.1. The summed E-state index contributed by atoms with van der Waals surface area (Å²) in [6.07, 6.45) is 0.846. The van der Waals surface area contributed by atoms with Crippen LogP contribution >= 0.6 is 0 Å². The van der Waals surface area contributed by atoms with Crippen molar-refractivity contribution in [2.75, 3.05) is 5.32 Å². The number of nitrogens with one attached hydrogen (secondary N) is 2. The number of urea groups is 1. The lowest BCUT2D eigenvalue weighted by Crippen LogP contribution is -2.43. The Bertz CT molecular complexity index is 693. The van der Waals surface area contributed by atoms with Crippen LogP contribution in [-0.4, -0.2) is 6.03 Å². The van der Waals surface area contributed by atoms with Gasteiger partial charge in [0.15, 0.2) is 0 Å². The fourth-order valence-corrected chi connectivity index (χ4v) is 2.57. The Kier molecular flexibility index (Phi) is 5.04. The van der Waals surface area contributed by atoms with Crippen LogP contribution < -0.4 is 10.6 Å². The molecule has 0 unspecified atom stereocenters. The van der Waals surface area contributed by atoms with Gasteiger partial charge < -0.3 is 10.6 Å². The molecule has 0 fully saturated rings. The van der Waals surface area contributed by atoms with Gasteiger partial charge in [-0.2, -0.15) is 0 Å². The quantitative estimate of drug-likeness (QED) is 0.840. The van der Waals surface area contributed by atoms with Crippen LogP contribution in [0.5, 0.6) is 0 Å². The number of rotatable bonds is 4. The first kappa shape index (κ1) is 17.0. The van der Waals surface area contributed by atoms with Gasteiger partial charge in [0.05, 0.1) is 5.54 Å². The van der Waals surface area contributed by atoms with Crippen LogP contribution in [0, 0.1) is 12.7 Å². The molecule has 2 aromatic carbocycles. The highest BCUT2D eigenvalue weighted by atomic mass is 19.1. The zero-order valence-corrected chi connectivity index (χ0v) is 14.0. The highest BCUT2D eigenvalue weighted by Crippen LogP contribution is 2.23. The van der Waals surface area contributed by atoms with E-state index in [1.165, 1.54) is 12.1 Å². The fraction of sp³-hybridized carbons (Fsp3) is 0.316. The molecular weight excluding hydrogens is 291 g/mol. The molecule has 2 N–H and O–H groups in total. The van der Waals surface area contributed by atoms with E-state index in [0.717, 1.165) is 28.8 Å². The van der Waals surface area contributed by atoms with E-state index >= 15 is 0 Å². The zero-order chi connectivity index (χ0) is 17.0. The molecule has 3 nitrogen and oxygen atoms in total. The maximum Gasteiger partial charge on any atom is 0.319 e. The van der Waals surface area contributed by atoms with Crippen LogP contribution in [0.1, 0.15) is 37.5 Å². The van der Waals surface area contributed by atoms with Crippen molar-refractivity contribution >= 4 is 11.7 Å². The third kappa shape index (κ3) is 4.09. The monoisotopic (exact) mass is 314 g/mol. The molecule has 0 radical (unpaired) electrons. The van der Waals surface area contributed by atoms with Gasteiger partial charge in [-0.3, -0.25) is 0 Å². The molecule has 0 saturated heterocycles. The molecule has 0 heterocycles. The zero-order valence-electron chi connectivity index (χ0n) is 14.0. The molecule has 0 aromatic heterocycles. The molecule has 2 amide bonds. The van der Waals surface area contributed by atoms with Crippen LogP contribution in [0.25, 0.3) is 0 Å². The van der Waals surface area contributed by atoms with Crippen LogP contribution in [0.15, 0.2) is 42.5 Å². The predicted molar refractivity (Wildman–Crippen MR) is 92.1 cm³/mol. The molecule has 0 aliphatic carbocycles. The predicted octanol–water partition coefficient (Wildman–Crippen LogP) is 4.75. The molecular formula is C19H23FN2O. The van der Waals surface area contributed by atoms with Crippen molar-refractivity contribution in [2.45, 2.75) is 39.7 Å². The molecule has 2 rings (SSSR count). The molecule has 0 bridgehead atoms. The summed E-state index contributed by atoms with van der Waals surface area (Å²) in [7, 11) is 0. The summed E-state index contributed by atoms with van der Waals surface area (Å²) in [5.41, 5.74) is 3.21. The standard InChI is InChI=1S/C19H23FN2O/c1-5-14-8-6-7-13(2)17(14)21-18(23)22-19(3,4)15-9-11-16(20)12-10-15/h6-12H,5H2,1-4H3,(H2,21,22,23). The first-order valence-electron chi connectivity index (χ1n) is 7.77. The second kappa shape index (κ2) is 6.82. The van der Waals surface area contributed by atoms with Crippen molar-refractivity contribution in [1.29, 1.82) is 0 Å². The van der Waals surface area contributed by atoms with Crippen LogP contribution in [-0.2, 0) is 12.0 Å². The van der Waals surface area contributed by atoms with E-state index in [4.69, 9.17) is 0 Å². The number of hydrogen-bond donors (Lipinski definition) is 2. The third-order valence-electron chi connectivity index (χ3n) is 3.97. The average molecular weight is 314 g/mol. The van der Waals surface area contributed by atoms with Crippen molar-refractivity contribution < 1.29 is 9.18 Å². The minimum atomic E-state index is -0.604. The number of hydrogen-bond acceptors (Lipinski definition) is 1. The Morgan fingerprint density at radius 2 is 1.78 bits per heavy atom. The lowest BCUT2D eigenvalue weighted by Gasteiger charge is -2.27. The summed E-state index contributed by atoms with van der Waals surface area (Å²) < 4.78 is 13.1. The minimum Gasteiger partial charge on any atom is -0.329 e. The lowest BCUT2D eigenvalue weighted by molar-refractivity contribution is 0.242. The van der Waals surface area contributed by atoms with E-state index in [0.29, 0.717) is 0 Å². The summed E-state index contributed by atoms with van der Waals surface area (Å²) in [6, 6.07) is 11.8.